The predicted octanol–water partition coefficient (Wildman–Crippen LogP) is 0.567. The summed E-state index contributed by atoms with van der Waals surface area (Å²) in [5, 5.41) is 20.0. The highest BCUT2D eigenvalue weighted by Crippen LogP contribution is 1.94. The van der Waals surface area contributed by atoms with Gasteiger partial charge in [0.05, 0.1) is 12.3 Å². The Morgan fingerprint density at radius 2 is 2.28 bits per heavy atom. The van der Waals surface area contributed by atoms with Gasteiger partial charge in [0.25, 0.3) is 0 Å². The van der Waals surface area contributed by atoms with Gasteiger partial charge in [-0.1, -0.05) is 18.6 Å². The first-order valence-electron chi connectivity index (χ1n) is 6.65. The second-order valence-corrected chi connectivity index (χ2v) is 4.19. The molecule has 0 saturated heterocycles. The van der Waals surface area contributed by atoms with Gasteiger partial charge in [-0.15, -0.1) is 5.10 Å². The van der Waals surface area contributed by atoms with E-state index in [-0.39, 0.29) is 6.61 Å². The van der Waals surface area contributed by atoms with E-state index in [1.54, 1.807) is 4.68 Å². The quantitative estimate of drug-likeness (QED) is 0.566. The summed E-state index contributed by atoms with van der Waals surface area (Å²) in [6, 6.07) is 0. The zero-order valence-electron chi connectivity index (χ0n) is 11.1. The Morgan fingerprint density at radius 1 is 1.39 bits per heavy atom. The molecule has 1 aromatic heterocycles. The molecule has 0 aromatic carbocycles. The Hall–Kier alpha value is -0.980. The molecule has 1 heterocycles. The molecule has 0 spiro atoms. The molecule has 104 valence electrons. The van der Waals surface area contributed by atoms with Gasteiger partial charge in [-0.05, 0) is 12.8 Å². The van der Waals surface area contributed by atoms with Crippen molar-refractivity contribution in [1.82, 2.24) is 20.3 Å². The van der Waals surface area contributed by atoms with Crippen molar-refractivity contribution in [2.45, 2.75) is 39.3 Å². The number of aliphatic hydroxyl groups excluding tert-OH is 1. The largest absolute Gasteiger partial charge is 0.396 e. The van der Waals surface area contributed by atoms with Crippen molar-refractivity contribution in [3.05, 3.63) is 11.9 Å². The van der Waals surface area contributed by atoms with E-state index in [2.05, 4.69) is 22.6 Å². The van der Waals surface area contributed by atoms with E-state index in [4.69, 9.17) is 9.84 Å². The lowest BCUT2D eigenvalue weighted by Gasteiger charge is -2.03. The molecule has 1 rings (SSSR count). The Kier molecular flexibility index (Phi) is 8.37. The van der Waals surface area contributed by atoms with Crippen molar-refractivity contribution in [2.75, 3.05) is 26.4 Å². The van der Waals surface area contributed by atoms with Gasteiger partial charge in [0, 0.05) is 39.0 Å². The Balaban J connectivity index is 2.03. The summed E-state index contributed by atoms with van der Waals surface area (Å²) in [7, 11) is 0. The van der Waals surface area contributed by atoms with E-state index in [9.17, 15) is 0 Å². The third-order valence-electron chi connectivity index (χ3n) is 2.50. The van der Waals surface area contributed by atoms with Gasteiger partial charge >= 0.3 is 0 Å². The highest BCUT2D eigenvalue weighted by atomic mass is 16.5. The van der Waals surface area contributed by atoms with Gasteiger partial charge < -0.3 is 15.2 Å². The number of rotatable bonds is 11. The van der Waals surface area contributed by atoms with Crippen LogP contribution in [0.2, 0.25) is 0 Å². The minimum Gasteiger partial charge on any atom is -0.396 e. The smallest absolute Gasteiger partial charge is 0.0964 e. The standard InChI is InChI=1S/C12H24N4O2/c1-2-3-8-18-9-5-13-10-12-11-16(15-14-12)6-4-7-17/h11,13,17H,2-10H2,1H3. The lowest BCUT2D eigenvalue weighted by Crippen LogP contribution is -2.19. The highest BCUT2D eigenvalue weighted by Gasteiger charge is 1.99. The van der Waals surface area contributed by atoms with Crippen LogP contribution in [0.25, 0.3) is 0 Å². The van der Waals surface area contributed by atoms with Crippen LogP contribution in [0.15, 0.2) is 6.20 Å². The number of aryl methyl sites for hydroxylation is 1. The fourth-order valence-electron chi connectivity index (χ4n) is 1.47. The Morgan fingerprint density at radius 3 is 3.06 bits per heavy atom. The van der Waals surface area contributed by atoms with Crippen LogP contribution in [0.1, 0.15) is 31.9 Å². The SMILES string of the molecule is CCCCOCCNCc1cn(CCCO)nn1. The van der Waals surface area contributed by atoms with E-state index in [1.165, 1.54) is 6.42 Å². The Bertz CT molecular complexity index is 304. The van der Waals surface area contributed by atoms with Crippen LogP contribution in [0.4, 0.5) is 0 Å². The molecule has 0 aliphatic carbocycles. The van der Waals surface area contributed by atoms with Crippen LogP contribution in [0, 0.1) is 0 Å². The van der Waals surface area contributed by atoms with Crippen molar-refractivity contribution < 1.29 is 9.84 Å². The van der Waals surface area contributed by atoms with Gasteiger partial charge in [0.2, 0.25) is 0 Å². The lowest BCUT2D eigenvalue weighted by molar-refractivity contribution is 0.133. The van der Waals surface area contributed by atoms with Crippen molar-refractivity contribution in [3.8, 4) is 0 Å². The highest BCUT2D eigenvalue weighted by molar-refractivity contribution is 4.91. The summed E-state index contributed by atoms with van der Waals surface area (Å²) in [5.74, 6) is 0. The number of unbranched alkanes of at least 4 members (excludes halogenated alkanes) is 1. The minimum absolute atomic E-state index is 0.183. The molecular formula is C12H24N4O2. The molecule has 0 bridgehead atoms. The van der Waals surface area contributed by atoms with Gasteiger partial charge in [0.1, 0.15) is 0 Å². The van der Waals surface area contributed by atoms with Crippen LogP contribution in [-0.4, -0.2) is 46.5 Å². The third-order valence-corrected chi connectivity index (χ3v) is 2.50. The molecule has 0 radical (unpaired) electrons. The summed E-state index contributed by atoms with van der Waals surface area (Å²) < 4.78 is 7.19. The number of hydrogen-bond donors (Lipinski definition) is 2. The van der Waals surface area contributed by atoms with E-state index in [0.29, 0.717) is 19.5 Å². The first-order valence-corrected chi connectivity index (χ1v) is 6.65. The molecule has 0 atom stereocenters. The molecule has 6 nitrogen and oxygen atoms in total. The fourth-order valence-corrected chi connectivity index (χ4v) is 1.47. The number of ether oxygens (including phenoxy) is 1. The zero-order valence-corrected chi connectivity index (χ0v) is 11.1. The molecule has 0 amide bonds. The van der Waals surface area contributed by atoms with Crippen molar-refractivity contribution in [3.63, 3.8) is 0 Å². The maximum absolute atomic E-state index is 8.71. The summed E-state index contributed by atoms with van der Waals surface area (Å²) in [5.41, 5.74) is 0.918. The zero-order chi connectivity index (χ0) is 13.1. The number of nitrogens with one attached hydrogen (secondary N) is 1. The van der Waals surface area contributed by atoms with Gasteiger partial charge in [-0.3, -0.25) is 4.68 Å². The fraction of sp³-hybridized carbons (Fsp3) is 0.833. The molecule has 0 unspecified atom stereocenters. The van der Waals surface area contributed by atoms with E-state index in [1.807, 2.05) is 6.20 Å². The van der Waals surface area contributed by atoms with Crippen molar-refractivity contribution in [1.29, 1.82) is 0 Å². The average molecular weight is 256 g/mol. The van der Waals surface area contributed by atoms with Crippen LogP contribution in [-0.2, 0) is 17.8 Å². The van der Waals surface area contributed by atoms with Crippen molar-refractivity contribution >= 4 is 0 Å². The number of aromatic nitrogens is 3. The minimum atomic E-state index is 0.183. The van der Waals surface area contributed by atoms with Gasteiger partial charge in [0.15, 0.2) is 0 Å². The number of nitrogens with zero attached hydrogens (tertiary/aromatic N) is 3. The molecule has 6 heteroatoms. The summed E-state index contributed by atoms with van der Waals surface area (Å²) in [6.45, 7) is 6.16. The molecular weight excluding hydrogens is 232 g/mol. The Labute approximate surface area is 108 Å². The van der Waals surface area contributed by atoms with Crippen LogP contribution >= 0.6 is 0 Å². The summed E-state index contributed by atoms with van der Waals surface area (Å²) in [6.07, 6.45) is 4.91. The molecule has 1 aromatic rings. The molecule has 18 heavy (non-hydrogen) atoms. The summed E-state index contributed by atoms with van der Waals surface area (Å²) >= 11 is 0. The number of aliphatic hydroxyl groups is 1. The van der Waals surface area contributed by atoms with Crippen LogP contribution in [0.5, 0.6) is 0 Å². The molecule has 0 aliphatic rings. The normalized spacial score (nSPS) is 11.0. The van der Waals surface area contributed by atoms with E-state index < -0.39 is 0 Å². The monoisotopic (exact) mass is 256 g/mol. The van der Waals surface area contributed by atoms with Crippen LogP contribution < -0.4 is 5.32 Å². The van der Waals surface area contributed by atoms with Gasteiger partial charge in [-0.2, -0.15) is 0 Å². The van der Waals surface area contributed by atoms with Gasteiger partial charge in [-0.25, -0.2) is 0 Å². The average Bonchev–Trinajstić information content (AvgIpc) is 2.83. The van der Waals surface area contributed by atoms with Crippen molar-refractivity contribution in [2.24, 2.45) is 0 Å². The third kappa shape index (κ3) is 6.68. The maximum atomic E-state index is 8.71. The summed E-state index contributed by atoms with van der Waals surface area (Å²) in [4.78, 5) is 0. The first-order chi connectivity index (χ1) is 8.86. The molecule has 0 aliphatic heterocycles. The lowest BCUT2D eigenvalue weighted by atomic mass is 10.4. The number of hydrogen-bond acceptors (Lipinski definition) is 5. The molecule has 0 fully saturated rings. The topological polar surface area (TPSA) is 72.2 Å². The van der Waals surface area contributed by atoms with E-state index >= 15 is 0 Å². The maximum Gasteiger partial charge on any atom is 0.0964 e. The predicted molar refractivity (Wildman–Crippen MR) is 69.2 cm³/mol. The first kappa shape index (κ1) is 15.1. The second-order valence-electron chi connectivity index (χ2n) is 4.19. The second kappa shape index (κ2) is 9.99. The van der Waals surface area contributed by atoms with E-state index in [0.717, 1.165) is 31.9 Å². The van der Waals surface area contributed by atoms with Crippen LogP contribution in [0.3, 0.4) is 0 Å². The molecule has 0 saturated carbocycles. The molecule has 2 N–H and O–H groups in total.